The van der Waals surface area contributed by atoms with Crippen molar-refractivity contribution in [2.24, 2.45) is 0 Å². The summed E-state index contributed by atoms with van der Waals surface area (Å²) in [5, 5.41) is 0.837. The van der Waals surface area contributed by atoms with Gasteiger partial charge in [-0.2, -0.15) is 11.8 Å². The summed E-state index contributed by atoms with van der Waals surface area (Å²) in [6.45, 7) is 1.02. The zero-order valence-corrected chi connectivity index (χ0v) is 6.32. The third-order valence-corrected chi connectivity index (χ3v) is 3.44. The van der Waals surface area contributed by atoms with Gasteiger partial charge in [0.1, 0.15) is 0 Å². The zero-order chi connectivity index (χ0) is 6.10. The first-order valence-electron chi connectivity index (χ1n) is 3.68. The van der Waals surface area contributed by atoms with Gasteiger partial charge >= 0.3 is 0 Å². The number of fused-ring (bicyclic) bond motifs is 4. The van der Waals surface area contributed by atoms with E-state index < -0.39 is 0 Å². The van der Waals surface area contributed by atoms with Gasteiger partial charge in [-0.3, -0.25) is 0 Å². The van der Waals surface area contributed by atoms with Crippen molar-refractivity contribution >= 4 is 11.8 Å². The molecule has 3 rings (SSSR count). The summed E-state index contributed by atoms with van der Waals surface area (Å²) in [7, 11) is 0. The van der Waals surface area contributed by atoms with Gasteiger partial charge in [0.2, 0.25) is 0 Å². The van der Waals surface area contributed by atoms with Gasteiger partial charge in [0.05, 0.1) is 12.7 Å². The van der Waals surface area contributed by atoms with Crippen LogP contribution in [0, 0.1) is 0 Å². The predicted molar refractivity (Wildman–Crippen MR) is 39.8 cm³/mol. The van der Waals surface area contributed by atoms with Crippen LogP contribution in [0.15, 0.2) is 0 Å². The fourth-order valence-electron chi connectivity index (χ4n) is 1.51. The van der Waals surface area contributed by atoms with E-state index in [1.165, 1.54) is 25.0 Å². The van der Waals surface area contributed by atoms with Crippen LogP contribution in [0.3, 0.4) is 0 Å². The van der Waals surface area contributed by atoms with Crippen LogP contribution in [-0.2, 0) is 4.74 Å². The SMILES string of the molecule is C1CC2CCC(CO2)S1. The van der Waals surface area contributed by atoms with Gasteiger partial charge in [-0.15, -0.1) is 0 Å². The number of hydrogen-bond acceptors (Lipinski definition) is 2. The molecule has 2 atom stereocenters. The lowest BCUT2D eigenvalue weighted by Gasteiger charge is -2.22. The van der Waals surface area contributed by atoms with Crippen LogP contribution in [0.2, 0.25) is 0 Å². The molecule has 2 unspecified atom stereocenters. The maximum absolute atomic E-state index is 5.58. The Morgan fingerprint density at radius 1 is 1.22 bits per heavy atom. The maximum Gasteiger partial charge on any atom is 0.0588 e. The molecular formula is C7H12OS. The molecule has 2 bridgehead atoms. The number of ether oxygens (including phenoxy) is 1. The highest BCUT2D eigenvalue weighted by Gasteiger charge is 2.25. The van der Waals surface area contributed by atoms with Crippen molar-refractivity contribution in [3.05, 3.63) is 0 Å². The minimum Gasteiger partial charge on any atom is -0.377 e. The molecule has 0 amide bonds. The first-order chi connectivity index (χ1) is 4.45. The molecule has 0 aliphatic carbocycles. The number of thioether (sulfide) groups is 1. The van der Waals surface area contributed by atoms with Crippen molar-refractivity contribution in [1.29, 1.82) is 0 Å². The highest BCUT2D eigenvalue weighted by Crippen LogP contribution is 2.31. The van der Waals surface area contributed by atoms with Gasteiger partial charge < -0.3 is 4.74 Å². The van der Waals surface area contributed by atoms with E-state index in [1.54, 1.807) is 0 Å². The fraction of sp³-hybridized carbons (Fsp3) is 1.00. The topological polar surface area (TPSA) is 9.23 Å². The standard InChI is InChI=1S/C7H12OS/c1-2-7-5-8-6(1)3-4-9-7/h6-7H,1-5H2. The van der Waals surface area contributed by atoms with E-state index in [9.17, 15) is 0 Å². The van der Waals surface area contributed by atoms with Crippen LogP contribution in [-0.4, -0.2) is 23.7 Å². The van der Waals surface area contributed by atoms with Crippen LogP contribution >= 0.6 is 11.8 Å². The van der Waals surface area contributed by atoms with E-state index in [0.29, 0.717) is 6.10 Å². The molecule has 0 aromatic heterocycles. The molecule has 0 saturated carbocycles. The molecule has 0 radical (unpaired) electrons. The molecule has 0 N–H and O–H groups in total. The van der Waals surface area contributed by atoms with Crippen molar-refractivity contribution in [2.75, 3.05) is 12.4 Å². The molecule has 0 spiro atoms. The van der Waals surface area contributed by atoms with Crippen LogP contribution in [0.4, 0.5) is 0 Å². The molecule has 0 aromatic carbocycles. The molecule has 3 fully saturated rings. The Hall–Kier alpha value is 0.310. The van der Waals surface area contributed by atoms with E-state index in [4.69, 9.17) is 4.74 Å². The first kappa shape index (κ1) is 6.05. The van der Waals surface area contributed by atoms with Gasteiger partial charge in [0.25, 0.3) is 0 Å². The summed E-state index contributed by atoms with van der Waals surface area (Å²) in [5.74, 6) is 1.33. The molecule has 3 aliphatic heterocycles. The average molecular weight is 144 g/mol. The van der Waals surface area contributed by atoms with Crippen molar-refractivity contribution in [1.82, 2.24) is 0 Å². The monoisotopic (exact) mass is 144 g/mol. The van der Waals surface area contributed by atoms with Crippen LogP contribution in [0.25, 0.3) is 0 Å². The molecule has 3 aliphatic rings. The van der Waals surface area contributed by atoms with Gasteiger partial charge in [-0.1, -0.05) is 0 Å². The Labute approximate surface area is 60.2 Å². The zero-order valence-electron chi connectivity index (χ0n) is 5.51. The van der Waals surface area contributed by atoms with E-state index in [0.717, 1.165) is 11.9 Å². The smallest absolute Gasteiger partial charge is 0.0588 e. The molecule has 3 saturated heterocycles. The lowest BCUT2D eigenvalue weighted by atomic mass is 10.1. The van der Waals surface area contributed by atoms with Crippen molar-refractivity contribution in [3.8, 4) is 0 Å². The third kappa shape index (κ3) is 1.24. The predicted octanol–water partition coefficient (Wildman–Crippen LogP) is 1.67. The van der Waals surface area contributed by atoms with Crippen LogP contribution < -0.4 is 0 Å². The second-order valence-electron chi connectivity index (χ2n) is 2.81. The summed E-state index contributed by atoms with van der Waals surface area (Å²) in [6, 6.07) is 0. The van der Waals surface area contributed by atoms with Gasteiger partial charge in [-0.25, -0.2) is 0 Å². The first-order valence-corrected chi connectivity index (χ1v) is 4.73. The Balaban J connectivity index is 2.03. The van der Waals surface area contributed by atoms with Crippen LogP contribution in [0.5, 0.6) is 0 Å². The van der Waals surface area contributed by atoms with E-state index >= 15 is 0 Å². The highest BCUT2D eigenvalue weighted by atomic mass is 32.2. The molecule has 0 aromatic rings. The minimum absolute atomic E-state index is 0.622. The average Bonchev–Trinajstić information content (AvgIpc) is 2.21. The van der Waals surface area contributed by atoms with Crippen LogP contribution in [0.1, 0.15) is 19.3 Å². The lowest BCUT2D eigenvalue weighted by Crippen LogP contribution is -2.23. The Morgan fingerprint density at radius 2 is 2.22 bits per heavy atom. The third-order valence-electron chi connectivity index (χ3n) is 2.12. The summed E-state index contributed by atoms with van der Waals surface area (Å²) in [6.07, 6.45) is 4.63. The second-order valence-corrected chi connectivity index (χ2v) is 4.22. The van der Waals surface area contributed by atoms with E-state index in [-0.39, 0.29) is 0 Å². The molecule has 3 heterocycles. The number of hydrogen-bond donors (Lipinski definition) is 0. The summed E-state index contributed by atoms with van der Waals surface area (Å²) < 4.78 is 5.58. The van der Waals surface area contributed by atoms with Crippen molar-refractivity contribution in [2.45, 2.75) is 30.6 Å². The Bertz CT molecular complexity index is 79.6. The molecule has 9 heavy (non-hydrogen) atoms. The summed E-state index contributed by atoms with van der Waals surface area (Å²) in [4.78, 5) is 0. The van der Waals surface area contributed by atoms with Gasteiger partial charge in [-0.05, 0) is 25.0 Å². The molecular weight excluding hydrogens is 132 g/mol. The normalized spacial score (nSPS) is 42.7. The van der Waals surface area contributed by atoms with E-state index in [1.807, 2.05) is 0 Å². The largest absolute Gasteiger partial charge is 0.377 e. The quantitative estimate of drug-likeness (QED) is 0.511. The minimum atomic E-state index is 0.622. The molecule has 1 nitrogen and oxygen atoms in total. The fourth-order valence-corrected chi connectivity index (χ4v) is 2.72. The lowest BCUT2D eigenvalue weighted by molar-refractivity contribution is 0.0229. The van der Waals surface area contributed by atoms with Gasteiger partial charge in [0, 0.05) is 5.25 Å². The van der Waals surface area contributed by atoms with E-state index in [2.05, 4.69) is 11.8 Å². The number of rotatable bonds is 0. The Kier molecular flexibility index (Phi) is 1.68. The van der Waals surface area contributed by atoms with Crippen molar-refractivity contribution in [3.63, 3.8) is 0 Å². The highest BCUT2D eigenvalue weighted by molar-refractivity contribution is 7.99. The van der Waals surface area contributed by atoms with Crippen molar-refractivity contribution < 1.29 is 4.74 Å². The maximum atomic E-state index is 5.58. The summed E-state index contributed by atoms with van der Waals surface area (Å²) in [5.41, 5.74) is 0. The summed E-state index contributed by atoms with van der Waals surface area (Å²) >= 11 is 2.10. The van der Waals surface area contributed by atoms with Gasteiger partial charge in [0.15, 0.2) is 0 Å². The molecule has 52 valence electrons. The second kappa shape index (κ2) is 2.51. The Morgan fingerprint density at radius 3 is 3.00 bits per heavy atom. The molecule has 2 heteroatoms.